The molecule has 0 bridgehead atoms. The zero-order valence-electron chi connectivity index (χ0n) is 18.7. The molecular formula is C26H32N2O4. The summed E-state index contributed by atoms with van der Waals surface area (Å²) in [6, 6.07) is 10.0. The minimum absolute atomic E-state index is 0.236. The molecule has 0 spiro atoms. The molecule has 1 fully saturated rings. The van der Waals surface area contributed by atoms with Crippen LogP contribution in [0.15, 0.2) is 53.5 Å². The van der Waals surface area contributed by atoms with E-state index in [1.807, 2.05) is 30.5 Å². The lowest BCUT2D eigenvalue weighted by atomic mass is 9.81. The molecule has 32 heavy (non-hydrogen) atoms. The van der Waals surface area contributed by atoms with Gasteiger partial charge in [0, 0.05) is 18.1 Å². The van der Waals surface area contributed by atoms with E-state index < -0.39 is 5.97 Å². The number of furan rings is 1. The Morgan fingerprint density at radius 2 is 2.16 bits per heavy atom. The van der Waals surface area contributed by atoms with E-state index in [1.165, 1.54) is 11.1 Å². The minimum atomic E-state index is -0.659. The van der Waals surface area contributed by atoms with E-state index in [1.54, 1.807) is 19.6 Å². The molecule has 3 heterocycles. The van der Waals surface area contributed by atoms with Crippen LogP contribution in [0.25, 0.3) is 10.9 Å². The van der Waals surface area contributed by atoms with Gasteiger partial charge in [-0.3, -0.25) is 9.78 Å². The van der Waals surface area contributed by atoms with Crippen LogP contribution in [0, 0.1) is 11.8 Å². The van der Waals surface area contributed by atoms with Gasteiger partial charge in [-0.2, -0.15) is 0 Å². The first-order chi connectivity index (χ1) is 15.6. The summed E-state index contributed by atoms with van der Waals surface area (Å²) in [6.45, 7) is 2.57. The predicted octanol–water partition coefficient (Wildman–Crippen LogP) is 4.81. The number of ether oxygens (including phenoxy) is 1. The number of carboxylic acids is 1. The Morgan fingerprint density at radius 1 is 1.25 bits per heavy atom. The van der Waals surface area contributed by atoms with Crippen LogP contribution < -0.4 is 4.74 Å². The third kappa shape index (κ3) is 5.49. The summed E-state index contributed by atoms with van der Waals surface area (Å²) in [6.07, 6.45) is 11.1. The first-order valence-electron chi connectivity index (χ1n) is 11.5. The van der Waals surface area contributed by atoms with Gasteiger partial charge in [0.25, 0.3) is 0 Å². The second kappa shape index (κ2) is 10.6. The number of rotatable bonds is 10. The predicted molar refractivity (Wildman–Crippen MR) is 124 cm³/mol. The number of carboxylic acid groups (broad SMARTS) is 1. The molecular weight excluding hydrogens is 404 g/mol. The maximum Gasteiger partial charge on any atom is 0.308 e. The van der Waals surface area contributed by atoms with Crippen molar-refractivity contribution in [2.75, 3.05) is 26.7 Å². The van der Waals surface area contributed by atoms with Gasteiger partial charge < -0.3 is 19.2 Å². The molecule has 6 heteroatoms. The molecule has 1 saturated heterocycles. The first-order valence-corrected chi connectivity index (χ1v) is 11.5. The number of benzene rings is 1. The van der Waals surface area contributed by atoms with Gasteiger partial charge in [-0.25, -0.2) is 0 Å². The van der Waals surface area contributed by atoms with E-state index in [9.17, 15) is 9.90 Å². The van der Waals surface area contributed by atoms with Gasteiger partial charge in [0.05, 0.1) is 31.1 Å². The first kappa shape index (κ1) is 22.3. The molecule has 2 atom stereocenters. The van der Waals surface area contributed by atoms with Crippen molar-refractivity contribution in [1.29, 1.82) is 0 Å². The van der Waals surface area contributed by atoms with Crippen molar-refractivity contribution in [3.05, 3.63) is 60.2 Å². The number of hydrogen-bond donors (Lipinski definition) is 1. The summed E-state index contributed by atoms with van der Waals surface area (Å²) < 4.78 is 10.5. The molecule has 1 aromatic carbocycles. The largest absolute Gasteiger partial charge is 0.497 e. The van der Waals surface area contributed by atoms with E-state index in [4.69, 9.17) is 9.15 Å². The fraction of sp³-hybridized carbons (Fsp3) is 0.462. The minimum Gasteiger partial charge on any atom is -0.497 e. The Morgan fingerprint density at radius 3 is 2.94 bits per heavy atom. The average molecular weight is 437 g/mol. The van der Waals surface area contributed by atoms with Gasteiger partial charge in [-0.1, -0.05) is 0 Å². The van der Waals surface area contributed by atoms with Crippen LogP contribution in [-0.2, 0) is 17.6 Å². The van der Waals surface area contributed by atoms with Gasteiger partial charge in [-0.15, -0.1) is 0 Å². The Balaban J connectivity index is 1.30. The highest BCUT2D eigenvalue weighted by molar-refractivity contribution is 5.83. The molecule has 0 saturated carbocycles. The highest BCUT2D eigenvalue weighted by atomic mass is 16.5. The van der Waals surface area contributed by atoms with Gasteiger partial charge in [-0.05, 0) is 99.0 Å². The maximum absolute atomic E-state index is 12.0. The van der Waals surface area contributed by atoms with E-state index in [-0.39, 0.29) is 11.8 Å². The van der Waals surface area contributed by atoms with Crippen LogP contribution in [-0.4, -0.2) is 47.7 Å². The van der Waals surface area contributed by atoms with Crippen molar-refractivity contribution in [1.82, 2.24) is 9.88 Å². The topological polar surface area (TPSA) is 75.8 Å². The summed E-state index contributed by atoms with van der Waals surface area (Å²) >= 11 is 0. The smallest absolute Gasteiger partial charge is 0.308 e. The second-order valence-corrected chi connectivity index (χ2v) is 8.77. The molecule has 6 nitrogen and oxygen atoms in total. The molecule has 1 N–H and O–H groups in total. The Kier molecular flexibility index (Phi) is 7.43. The molecule has 0 amide bonds. The van der Waals surface area contributed by atoms with Crippen LogP contribution in [0.2, 0.25) is 0 Å². The summed E-state index contributed by atoms with van der Waals surface area (Å²) in [5.41, 5.74) is 3.42. The molecule has 1 aliphatic rings. The molecule has 170 valence electrons. The molecule has 4 rings (SSSR count). The standard InChI is InChI=1S/C26H32N2O4/c1-31-22-7-8-25-23(16-22)20(9-12-27-25)5-2-6-21-10-14-28(17-24(21)26(29)30)13-3-4-19-11-15-32-18-19/h7-9,11-12,15-16,18,21,24H,2-6,10,13-14,17H2,1H3,(H,29,30)/t21-,24+/m1/s1. The number of aliphatic carboxylic acids is 1. The fourth-order valence-electron chi connectivity index (χ4n) is 4.92. The quantitative estimate of drug-likeness (QED) is 0.491. The van der Waals surface area contributed by atoms with Gasteiger partial charge in [0.2, 0.25) is 0 Å². The Labute approximate surface area is 189 Å². The monoisotopic (exact) mass is 436 g/mol. The lowest BCUT2D eigenvalue weighted by Crippen LogP contribution is -2.44. The van der Waals surface area contributed by atoms with Gasteiger partial charge in [0.15, 0.2) is 0 Å². The third-order valence-corrected chi connectivity index (χ3v) is 6.74. The number of nitrogens with zero attached hydrogens (tertiary/aromatic N) is 2. The molecule has 1 aliphatic heterocycles. The molecule has 0 unspecified atom stereocenters. The lowest BCUT2D eigenvalue weighted by molar-refractivity contribution is -0.146. The number of methoxy groups -OCH3 is 1. The van der Waals surface area contributed by atoms with Crippen molar-refractivity contribution < 1.29 is 19.1 Å². The van der Waals surface area contributed by atoms with Crippen LogP contribution in [0.1, 0.15) is 36.8 Å². The van der Waals surface area contributed by atoms with Crippen molar-refractivity contribution in [3.8, 4) is 5.75 Å². The zero-order chi connectivity index (χ0) is 22.3. The normalized spacial score (nSPS) is 19.3. The molecule has 0 aliphatic carbocycles. The number of piperidine rings is 1. The van der Waals surface area contributed by atoms with E-state index >= 15 is 0 Å². The van der Waals surface area contributed by atoms with Gasteiger partial charge in [0.1, 0.15) is 5.75 Å². The van der Waals surface area contributed by atoms with Crippen molar-refractivity contribution in [2.24, 2.45) is 11.8 Å². The summed E-state index contributed by atoms with van der Waals surface area (Å²) in [7, 11) is 1.67. The van der Waals surface area contributed by atoms with Crippen LogP contribution >= 0.6 is 0 Å². The average Bonchev–Trinajstić information content (AvgIpc) is 3.33. The Bertz CT molecular complexity index is 1020. The number of aromatic nitrogens is 1. The van der Waals surface area contributed by atoms with Gasteiger partial charge >= 0.3 is 5.97 Å². The highest BCUT2D eigenvalue weighted by Crippen LogP contribution is 2.30. The molecule has 2 aromatic heterocycles. The number of hydrogen-bond acceptors (Lipinski definition) is 5. The number of carbonyl (C=O) groups is 1. The number of fused-ring (bicyclic) bond motifs is 1. The number of likely N-dealkylation sites (tertiary alicyclic amines) is 1. The SMILES string of the molecule is COc1ccc2nccc(CCC[C@@H]3CCN(CCCc4ccoc4)C[C@@H]3C(=O)O)c2c1. The van der Waals surface area contributed by atoms with E-state index in [0.29, 0.717) is 6.54 Å². The maximum atomic E-state index is 12.0. The van der Waals surface area contributed by atoms with Crippen molar-refractivity contribution in [2.45, 2.75) is 38.5 Å². The van der Waals surface area contributed by atoms with Crippen molar-refractivity contribution >= 4 is 16.9 Å². The zero-order valence-corrected chi connectivity index (χ0v) is 18.7. The van der Waals surface area contributed by atoms with Crippen molar-refractivity contribution in [3.63, 3.8) is 0 Å². The van der Waals surface area contributed by atoms with Crippen LogP contribution in [0.4, 0.5) is 0 Å². The summed E-state index contributed by atoms with van der Waals surface area (Å²) in [4.78, 5) is 18.8. The molecule has 3 aromatic rings. The second-order valence-electron chi connectivity index (χ2n) is 8.77. The molecule has 0 radical (unpaired) electrons. The third-order valence-electron chi connectivity index (χ3n) is 6.74. The summed E-state index contributed by atoms with van der Waals surface area (Å²) in [5, 5.41) is 11.0. The number of aryl methyl sites for hydroxylation is 2. The van der Waals surface area contributed by atoms with Crippen LogP contribution in [0.5, 0.6) is 5.75 Å². The fourth-order valence-corrected chi connectivity index (χ4v) is 4.92. The van der Waals surface area contributed by atoms with E-state index in [2.05, 4.69) is 16.0 Å². The number of pyridine rings is 1. The highest BCUT2D eigenvalue weighted by Gasteiger charge is 2.33. The van der Waals surface area contributed by atoms with Crippen LogP contribution in [0.3, 0.4) is 0 Å². The Hall–Kier alpha value is -2.86. The van der Waals surface area contributed by atoms with E-state index in [0.717, 1.165) is 68.3 Å². The summed E-state index contributed by atoms with van der Waals surface area (Å²) in [5.74, 6) is 0.124. The lowest BCUT2D eigenvalue weighted by Gasteiger charge is -2.36.